The third-order valence-electron chi connectivity index (χ3n) is 3.04. The SMILES string of the molecule is N[C@@H](Cc1c[nH]c2ccccc12)c1ccn[nH]1. The number of nitrogens with one attached hydrogen (secondary N) is 2. The van der Waals surface area contributed by atoms with Gasteiger partial charge in [-0.3, -0.25) is 5.10 Å². The number of H-pyrrole nitrogens is 2. The molecule has 0 aliphatic carbocycles. The first-order chi connectivity index (χ1) is 8.34. The standard InChI is InChI=1S/C13H14N4/c14-11(13-5-6-16-17-13)7-9-8-15-12-4-2-1-3-10(9)12/h1-6,8,11,15H,7,14H2,(H,16,17)/t11-/m0/s1. The third kappa shape index (κ3) is 1.83. The zero-order valence-corrected chi connectivity index (χ0v) is 9.35. The second-order valence-corrected chi connectivity index (χ2v) is 4.18. The van der Waals surface area contributed by atoms with E-state index in [1.807, 2.05) is 24.4 Å². The molecule has 0 aliphatic rings. The van der Waals surface area contributed by atoms with E-state index < -0.39 is 0 Å². The number of nitrogens with zero attached hydrogens (tertiary/aromatic N) is 1. The summed E-state index contributed by atoms with van der Waals surface area (Å²) in [5.41, 5.74) is 9.50. The first-order valence-electron chi connectivity index (χ1n) is 5.64. The number of rotatable bonds is 3. The summed E-state index contributed by atoms with van der Waals surface area (Å²) >= 11 is 0. The van der Waals surface area contributed by atoms with E-state index >= 15 is 0 Å². The molecule has 4 N–H and O–H groups in total. The van der Waals surface area contributed by atoms with Crippen molar-refractivity contribution in [1.29, 1.82) is 0 Å². The van der Waals surface area contributed by atoms with Gasteiger partial charge in [-0.15, -0.1) is 0 Å². The summed E-state index contributed by atoms with van der Waals surface area (Å²) in [6.07, 6.45) is 4.55. The zero-order valence-electron chi connectivity index (χ0n) is 9.35. The molecule has 0 radical (unpaired) electrons. The Morgan fingerprint density at radius 2 is 2.12 bits per heavy atom. The van der Waals surface area contributed by atoms with Crippen molar-refractivity contribution in [2.45, 2.75) is 12.5 Å². The summed E-state index contributed by atoms with van der Waals surface area (Å²) in [7, 11) is 0. The van der Waals surface area contributed by atoms with E-state index in [0.717, 1.165) is 17.6 Å². The number of hydrogen-bond donors (Lipinski definition) is 3. The minimum Gasteiger partial charge on any atom is -0.361 e. The Kier molecular flexibility index (Phi) is 2.42. The Hall–Kier alpha value is -2.07. The van der Waals surface area contributed by atoms with Gasteiger partial charge in [0.2, 0.25) is 0 Å². The molecule has 4 heteroatoms. The first-order valence-corrected chi connectivity index (χ1v) is 5.64. The monoisotopic (exact) mass is 226 g/mol. The van der Waals surface area contributed by atoms with Crippen molar-refractivity contribution in [3.05, 3.63) is 54.0 Å². The molecule has 17 heavy (non-hydrogen) atoms. The zero-order chi connectivity index (χ0) is 11.7. The van der Waals surface area contributed by atoms with E-state index in [1.165, 1.54) is 10.9 Å². The van der Waals surface area contributed by atoms with Crippen molar-refractivity contribution in [2.24, 2.45) is 5.73 Å². The molecule has 86 valence electrons. The van der Waals surface area contributed by atoms with Crippen LogP contribution in [-0.4, -0.2) is 15.2 Å². The number of benzene rings is 1. The number of hydrogen-bond acceptors (Lipinski definition) is 2. The van der Waals surface area contributed by atoms with E-state index in [2.05, 4.69) is 27.3 Å². The average Bonchev–Trinajstić information content (AvgIpc) is 2.98. The van der Waals surface area contributed by atoms with Gasteiger partial charge in [-0.25, -0.2) is 0 Å². The molecule has 0 saturated heterocycles. The summed E-state index contributed by atoms with van der Waals surface area (Å²) in [6.45, 7) is 0. The van der Waals surface area contributed by atoms with Crippen LogP contribution in [0.25, 0.3) is 10.9 Å². The second kappa shape index (κ2) is 4.07. The minimum absolute atomic E-state index is 0.0447. The molecule has 0 aliphatic heterocycles. The van der Waals surface area contributed by atoms with Crippen LogP contribution in [-0.2, 0) is 6.42 Å². The fraction of sp³-hybridized carbons (Fsp3) is 0.154. The van der Waals surface area contributed by atoms with Crippen molar-refractivity contribution in [2.75, 3.05) is 0 Å². The lowest BCUT2D eigenvalue weighted by molar-refractivity contribution is 0.695. The molecule has 0 unspecified atom stereocenters. The van der Waals surface area contributed by atoms with E-state index in [9.17, 15) is 0 Å². The van der Waals surface area contributed by atoms with Crippen LogP contribution in [0.1, 0.15) is 17.3 Å². The topological polar surface area (TPSA) is 70.5 Å². The molecule has 1 atom stereocenters. The second-order valence-electron chi connectivity index (χ2n) is 4.18. The van der Waals surface area contributed by atoms with Crippen LogP contribution in [0, 0.1) is 0 Å². The fourth-order valence-corrected chi connectivity index (χ4v) is 2.12. The fourth-order valence-electron chi connectivity index (χ4n) is 2.12. The van der Waals surface area contributed by atoms with Gasteiger partial charge >= 0.3 is 0 Å². The quantitative estimate of drug-likeness (QED) is 0.640. The van der Waals surface area contributed by atoms with E-state index in [-0.39, 0.29) is 6.04 Å². The van der Waals surface area contributed by atoms with Crippen molar-refractivity contribution >= 4 is 10.9 Å². The summed E-state index contributed by atoms with van der Waals surface area (Å²) in [6, 6.07) is 10.1. The van der Waals surface area contributed by atoms with E-state index in [0.29, 0.717) is 0 Å². The Morgan fingerprint density at radius 1 is 1.24 bits per heavy atom. The lowest BCUT2D eigenvalue weighted by atomic mass is 10.0. The minimum atomic E-state index is -0.0447. The highest BCUT2D eigenvalue weighted by Gasteiger charge is 2.11. The van der Waals surface area contributed by atoms with Crippen molar-refractivity contribution < 1.29 is 0 Å². The molecule has 2 heterocycles. The summed E-state index contributed by atoms with van der Waals surface area (Å²) in [4.78, 5) is 3.26. The molecule has 0 bridgehead atoms. The molecule has 0 spiro atoms. The smallest absolute Gasteiger partial charge is 0.0522 e. The van der Waals surface area contributed by atoms with Crippen LogP contribution < -0.4 is 5.73 Å². The van der Waals surface area contributed by atoms with Gasteiger partial charge in [0, 0.05) is 23.3 Å². The number of nitrogens with two attached hydrogens (primary N) is 1. The van der Waals surface area contributed by atoms with Gasteiger partial charge in [0.25, 0.3) is 0 Å². The van der Waals surface area contributed by atoms with Gasteiger partial charge in [-0.1, -0.05) is 18.2 Å². The summed E-state index contributed by atoms with van der Waals surface area (Å²) in [5.74, 6) is 0. The summed E-state index contributed by atoms with van der Waals surface area (Å²) in [5, 5.41) is 8.07. The van der Waals surface area contributed by atoms with Crippen molar-refractivity contribution in [3.63, 3.8) is 0 Å². The Balaban J connectivity index is 1.90. The lowest BCUT2D eigenvalue weighted by Gasteiger charge is -2.08. The third-order valence-corrected chi connectivity index (χ3v) is 3.04. The predicted molar refractivity (Wildman–Crippen MR) is 67.5 cm³/mol. The van der Waals surface area contributed by atoms with E-state index in [1.54, 1.807) is 6.20 Å². The van der Waals surface area contributed by atoms with Crippen LogP contribution in [0.2, 0.25) is 0 Å². The van der Waals surface area contributed by atoms with Crippen LogP contribution >= 0.6 is 0 Å². The normalized spacial score (nSPS) is 13.0. The van der Waals surface area contributed by atoms with Gasteiger partial charge < -0.3 is 10.7 Å². The largest absolute Gasteiger partial charge is 0.361 e. The first kappa shape index (κ1) is 10.1. The number of para-hydroxylation sites is 1. The average molecular weight is 226 g/mol. The van der Waals surface area contributed by atoms with Gasteiger partial charge in [-0.2, -0.15) is 5.10 Å². The number of aromatic amines is 2. The highest BCUT2D eigenvalue weighted by atomic mass is 15.1. The maximum Gasteiger partial charge on any atom is 0.0522 e. The number of fused-ring (bicyclic) bond motifs is 1. The van der Waals surface area contributed by atoms with Crippen LogP contribution in [0.3, 0.4) is 0 Å². The molecule has 3 rings (SSSR count). The molecular weight excluding hydrogens is 212 g/mol. The van der Waals surface area contributed by atoms with E-state index in [4.69, 9.17) is 5.73 Å². The molecule has 0 saturated carbocycles. The van der Waals surface area contributed by atoms with Crippen LogP contribution in [0.5, 0.6) is 0 Å². The lowest BCUT2D eigenvalue weighted by Crippen LogP contribution is -2.13. The Labute approximate surface area is 98.8 Å². The molecular formula is C13H14N4. The van der Waals surface area contributed by atoms with Gasteiger partial charge in [-0.05, 0) is 24.1 Å². The van der Waals surface area contributed by atoms with Crippen LogP contribution in [0.15, 0.2) is 42.7 Å². The van der Waals surface area contributed by atoms with Crippen molar-refractivity contribution in [3.8, 4) is 0 Å². The Morgan fingerprint density at radius 3 is 2.94 bits per heavy atom. The molecule has 4 nitrogen and oxygen atoms in total. The predicted octanol–water partition coefficient (Wildman–Crippen LogP) is 2.13. The van der Waals surface area contributed by atoms with Gasteiger partial charge in [0.1, 0.15) is 0 Å². The molecule has 0 amide bonds. The highest BCUT2D eigenvalue weighted by molar-refractivity contribution is 5.83. The van der Waals surface area contributed by atoms with Gasteiger partial charge in [0.15, 0.2) is 0 Å². The molecule has 1 aromatic carbocycles. The molecule has 3 aromatic rings. The van der Waals surface area contributed by atoms with Crippen LogP contribution in [0.4, 0.5) is 0 Å². The number of aromatic nitrogens is 3. The molecule has 0 fully saturated rings. The van der Waals surface area contributed by atoms with Gasteiger partial charge in [0.05, 0.1) is 11.7 Å². The maximum atomic E-state index is 6.14. The Bertz CT molecular complexity index is 609. The maximum absolute atomic E-state index is 6.14. The van der Waals surface area contributed by atoms with Crippen molar-refractivity contribution in [1.82, 2.24) is 15.2 Å². The molecule has 2 aromatic heterocycles. The highest BCUT2D eigenvalue weighted by Crippen LogP contribution is 2.22. The summed E-state index contributed by atoms with van der Waals surface area (Å²) < 4.78 is 0.